The number of benzene rings is 1. The van der Waals surface area contributed by atoms with Gasteiger partial charge in [0.1, 0.15) is 5.76 Å². The molecule has 0 unspecified atom stereocenters. The number of aliphatic hydroxyl groups is 1. The Morgan fingerprint density at radius 3 is 2.81 bits per heavy atom. The maximum atomic E-state index is 8.75. The molecule has 1 aromatic carbocycles. The van der Waals surface area contributed by atoms with Gasteiger partial charge >= 0.3 is 0 Å². The van der Waals surface area contributed by atoms with Crippen molar-refractivity contribution in [1.29, 1.82) is 0 Å². The molecule has 1 N–H and O–H groups in total. The van der Waals surface area contributed by atoms with E-state index in [2.05, 4.69) is 35.9 Å². The van der Waals surface area contributed by atoms with E-state index in [0.717, 1.165) is 24.4 Å². The number of hydrogen-bond donors (Lipinski definition) is 1. The number of furan rings is 1. The van der Waals surface area contributed by atoms with Crippen LogP contribution in [-0.2, 0) is 13.1 Å². The highest BCUT2D eigenvalue weighted by Gasteiger charge is 2.06. The molecule has 0 aliphatic rings. The predicted molar refractivity (Wildman–Crippen MR) is 83.6 cm³/mol. The lowest BCUT2D eigenvalue weighted by Gasteiger charge is -2.16. The lowest BCUT2D eigenvalue weighted by atomic mass is 10.1. The van der Waals surface area contributed by atoms with Crippen molar-refractivity contribution in [1.82, 2.24) is 4.90 Å². The number of nitrogens with zero attached hydrogens (tertiary/aromatic N) is 1. The Morgan fingerprint density at radius 1 is 1.24 bits per heavy atom. The molecule has 0 fully saturated rings. The standard InChI is InChI=1S/C18H21NO2/c1-15-18(9-11-21-15)14-19(2)13-17-8-5-7-16(12-17)6-3-4-10-20/h5,7-9,11-12,20H,4,10,13-14H2,1-2H3. The van der Waals surface area contributed by atoms with Gasteiger partial charge in [-0.1, -0.05) is 24.0 Å². The van der Waals surface area contributed by atoms with Gasteiger partial charge in [0.2, 0.25) is 0 Å². The zero-order chi connectivity index (χ0) is 15.1. The quantitative estimate of drug-likeness (QED) is 0.857. The summed E-state index contributed by atoms with van der Waals surface area (Å²) in [6.07, 6.45) is 2.25. The van der Waals surface area contributed by atoms with E-state index in [-0.39, 0.29) is 6.61 Å². The van der Waals surface area contributed by atoms with Gasteiger partial charge < -0.3 is 9.52 Å². The van der Waals surface area contributed by atoms with E-state index in [1.807, 2.05) is 25.1 Å². The van der Waals surface area contributed by atoms with Gasteiger partial charge in [-0.15, -0.1) is 0 Å². The summed E-state index contributed by atoms with van der Waals surface area (Å²) in [6, 6.07) is 10.2. The average Bonchev–Trinajstić information content (AvgIpc) is 2.85. The first-order valence-electron chi connectivity index (χ1n) is 7.09. The molecule has 0 aliphatic carbocycles. The summed E-state index contributed by atoms with van der Waals surface area (Å²) in [6.45, 7) is 3.82. The third-order valence-electron chi connectivity index (χ3n) is 3.26. The van der Waals surface area contributed by atoms with Crippen LogP contribution in [0.5, 0.6) is 0 Å². The first-order valence-corrected chi connectivity index (χ1v) is 7.09. The fourth-order valence-electron chi connectivity index (χ4n) is 2.20. The molecule has 21 heavy (non-hydrogen) atoms. The van der Waals surface area contributed by atoms with E-state index in [1.54, 1.807) is 6.26 Å². The van der Waals surface area contributed by atoms with Crippen LogP contribution in [0.25, 0.3) is 0 Å². The summed E-state index contributed by atoms with van der Waals surface area (Å²) in [7, 11) is 2.09. The Morgan fingerprint density at radius 2 is 2.10 bits per heavy atom. The Labute approximate surface area is 126 Å². The highest BCUT2D eigenvalue weighted by Crippen LogP contribution is 2.13. The maximum absolute atomic E-state index is 8.75. The van der Waals surface area contributed by atoms with Gasteiger partial charge in [0.05, 0.1) is 12.9 Å². The molecular weight excluding hydrogens is 262 g/mol. The van der Waals surface area contributed by atoms with E-state index in [4.69, 9.17) is 9.52 Å². The van der Waals surface area contributed by atoms with E-state index < -0.39 is 0 Å². The molecule has 1 aromatic heterocycles. The summed E-state index contributed by atoms with van der Waals surface area (Å²) in [5, 5.41) is 8.75. The lowest BCUT2D eigenvalue weighted by molar-refractivity contribution is 0.305. The summed E-state index contributed by atoms with van der Waals surface area (Å²) in [5.74, 6) is 7.00. The van der Waals surface area contributed by atoms with Gasteiger partial charge in [0.15, 0.2) is 0 Å². The van der Waals surface area contributed by atoms with Crippen LogP contribution in [0.15, 0.2) is 41.0 Å². The third-order valence-corrected chi connectivity index (χ3v) is 3.26. The Bertz CT molecular complexity index is 634. The molecule has 110 valence electrons. The first-order chi connectivity index (χ1) is 10.2. The molecule has 3 nitrogen and oxygen atoms in total. The molecule has 0 saturated carbocycles. The molecule has 0 spiro atoms. The zero-order valence-corrected chi connectivity index (χ0v) is 12.6. The second kappa shape index (κ2) is 7.68. The van der Waals surface area contributed by atoms with Crippen LogP contribution in [0, 0.1) is 18.8 Å². The predicted octanol–water partition coefficient (Wildman–Crippen LogP) is 2.95. The van der Waals surface area contributed by atoms with Crippen LogP contribution in [0.3, 0.4) is 0 Å². The number of hydrogen-bond acceptors (Lipinski definition) is 3. The Balaban J connectivity index is 1.98. The van der Waals surface area contributed by atoms with Gasteiger partial charge in [-0.25, -0.2) is 0 Å². The largest absolute Gasteiger partial charge is 0.469 e. The molecule has 0 aliphatic heterocycles. The van der Waals surface area contributed by atoms with E-state index in [1.165, 1.54) is 11.1 Å². The number of aryl methyl sites for hydroxylation is 1. The summed E-state index contributed by atoms with van der Waals surface area (Å²) in [5.41, 5.74) is 3.44. The molecular formula is C18H21NO2. The van der Waals surface area contributed by atoms with Crippen molar-refractivity contribution < 1.29 is 9.52 Å². The highest BCUT2D eigenvalue weighted by molar-refractivity contribution is 5.37. The van der Waals surface area contributed by atoms with Crippen molar-refractivity contribution in [3.05, 3.63) is 59.0 Å². The summed E-state index contributed by atoms with van der Waals surface area (Å²) >= 11 is 0. The molecule has 0 amide bonds. The van der Waals surface area contributed by atoms with Crippen LogP contribution in [0.2, 0.25) is 0 Å². The van der Waals surface area contributed by atoms with Crippen molar-refractivity contribution in [3.8, 4) is 11.8 Å². The second-order valence-electron chi connectivity index (χ2n) is 5.15. The van der Waals surface area contributed by atoms with E-state index in [0.29, 0.717) is 6.42 Å². The lowest BCUT2D eigenvalue weighted by Crippen LogP contribution is -2.17. The molecule has 0 radical (unpaired) electrons. The first kappa shape index (κ1) is 15.4. The van der Waals surface area contributed by atoms with Crippen LogP contribution >= 0.6 is 0 Å². The molecule has 1 heterocycles. The number of rotatable bonds is 5. The van der Waals surface area contributed by atoms with Crippen LogP contribution in [-0.4, -0.2) is 23.7 Å². The van der Waals surface area contributed by atoms with Crippen LogP contribution in [0.4, 0.5) is 0 Å². The Kier molecular flexibility index (Phi) is 5.62. The van der Waals surface area contributed by atoms with Crippen molar-refractivity contribution in [3.63, 3.8) is 0 Å². The van der Waals surface area contributed by atoms with E-state index >= 15 is 0 Å². The smallest absolute Gasteiger partial charge is 0.105 e. The average molecular weight is 283 g/mol. The minimum absolute atomic E-state index is 0.111. The topological polar surface area (TPSA) is 36.6 Å². The molecule has 0 bridgehead atoms. The number of aliphatic hydroxyl groups excluding tert-OH is 1. The fraction of sp³-hybridized carbons (Fsp3) is 0.333. The monoisotopic (exact) mass is 283 g/mol. The summed E-state index contributed by atoms with van der Waals surface area (Å²) in [4.78, 5) is 2.25. The zero-order valence-electron chi connectivity index (χ0n) is 12.6. The fourth-order valence-corrected chi connectivity index (χ4v) is 2.20. The van der Waals surface area contributed by atoms with Crippen molar-refractivity contribution >= 4 is 0 Å². The van der Waals surface area contributed by atoms with Gasteiger partial charge in [-0.05, 0) is 37.7 Å². The Hall–Kier alpha value is -2.02. The minimum Gasteiger partial charge on any atom is -0.469 e. The van der Waals surface area contributed by atoms with E-state index in [9.17, 15) is 0 Å². The second-order valence-corrected chi connectivity index (χ2v) is 5.15. The minimum atomic E-state index is 0.111. The van der Waals surface area contributed by atoms with Crippen LogP contribution < -0.4 is 0 Å². The molecule has 3 heteroatoms. The van der Waals surface area contributed by atoms with Crippen LogP contribution in [0.1, 0.15) is 28.9 Å². The molecule has 2 aromatic rings. The molecule has 2 rings (SSSR count). The summed E-state index contributed by atoms with van der Waals surface area (Å²) < 4.78 is 5.32. The van der Waals surface area contributed by atoms with Crippen molar-refractivity contribution in [2.75, 3.05) is 13.7 Å². The van der Waals surface area contributed by atoms with Gasteiger partial charge in [-0.3, -0.25) is 4.90 Å². The molecule has 0 atom stereocenters. The third kappa shape index (κ3) is 4.78. The highest BCUT2D eigenvalue weighted by atomic mass is 16.3. The maximum Gasteiger partial charge on any atom is 0.105 e. The van der Waals surface area contributed by atoms with Gasteiger partial charge in [0.25, 0.3) is 0 Å². The van der Waals surface area contributed by atoms with Gasteiger partial charge in [0, 0.05) is 30.6 Å². The van der Waals surface area contributed by atoms with Crippen molar-refractivity contribution in [2.24, 2.45) is 0 Å². The molecule has 0 saturated heterocycles. The van der Waals surface area contributed by atoms with Crippen molar-refractivity contribution in [2.45, 2.75) is 26.4 Å². The normalized spacial score (nSPS) is 10.5. The SMILES string of the molecule is Cc1occc1CN(C)Cc1cccc(C#CCCO)c1. The van der Waals surface area contributed by atoms with Gasteiger partial charge in [-0.2, -0.15) is 0 Å².